The molecule has 1 unspecified atom stereocenters. The van der Waals surface area contributed by atoms with E-state index in [1.807, 2.05) is 11.3 Å². The molecule has 66 valence electrons. The van der Waals surface area contributed by atoms with Gasteiger partial charge in [0.05, 0.1) is 0 Å². The summed E-state index contributed by atoms with van der Waals surface area (Å²) in [6, 6.07) is 2.85. The van der Waals surface area contributed by atoms with Gasteiger partial charge < -0.3 is 5.32 Å². The highest BCUT2D eigenvalue weighted by molar-refractivity contribution is 14.1. The van der Waals surface area contributed by atoms with Crippen LogP contribution in [-0.2, 0) is 0 Å². The van der Waals surface area contributed by atoms with E-state index < -0.39 is 0 Å². The zero-order chi connectivity index (χ0) is 8.39. The second kappa shape index (κ2) is 4.07. The van der Waals surface area contributed by atoms with Crippen LogP contribution in [0.2, 0.25) is 0 Å². The van der Waals surface area contributed by atoms with Crippen molar-refractivity contribution >= 4 is 33.9 Å². The van der Waals surface area contributed by atoms with Gasteiger partial charge in [0.1, 0.15) is 0 Å². The molecule has 12 heavy (non-hydrogen) atoms. The van der Waals surface area contributed by atoms with Crippen LogP contribution in [0.25, 0.3) is 0 Å². The van der Waals surface area contributed by atoms with Gasteiger partial charge >= 0.3 is 0 Å². The molecule has 0 amide bonds. The van der Waals surface area contributed by atoms with E-state index in [1.54, 1.807) is 0 Å². The molecule has 0 aromatic carbocycles. The Bertz CT molecular complexity index is 253. The van der Waals surface area contributed by atoms with Gasteiger partial charge in [-0.05, 0) is 53.4 Å². The minimum atomic E-state index is 0.644. The summed E-state index contributed by atoms with van der Waals surface area (Å²) in [6.45, 7) is 1.19. The monoisotopic (exact) mass is 293 g/mol. The first-order valence-corrected chi connectivity index (χ1v) is 6.30. The summed E-state index contributed by atoms with van der Waals surface area (Å²) in [7, 11) is 0. The van der Waals surface area contributed by atoms with E-state index in [0.29, 0.717) is 6.04 Å². The number of rotatable bonds is 1. The Hall–Kier alpha value is 0.390. The van der Waals surface area contributed by atoms with Crippen LogP contribution >= 0.6 is 33.9 Å². The largest absolute Gasteiger partial charge is 0.309 e. The molecule has 3 heteroatoms. The van der Waals surface area contributed by atoms with E-state index in [9.17, 15) is 0 Å². The van der Waals surface area contributed by atoms with Crippen molar-refractivity contribution in [3.63, 3.8) is 0 Å². The van der Waals surface area contributed by atoms with Crippen molar-refractivity contribution in [2.24, 2.45) is 0 Å². The summed E-state index contributed by atoms with van der Waals surface area (Å²) in [5.41, 5.74) is 0. The molecule has 2 heterocycles. The fraction of sp³-hybridized carbons (Fsp3) is 0.556. The molecule has 0 saturated carbocycles. The highest BCUT2D eigenvalue weighted by Crippen LogP contribution is 2.30. The second-order valence-corrected chi connectivity index (χ2v) is 5.25. The van der Waals surface area contributed by atoms with Crippen LogP contribution in [-0.4, -0.2) is 6.54 Å². The number of nitrogens with one attached hydrogen (secondary N) is 1. The Balaban J connectivity index is 2.13. The van der Waals surface area contributed by atoms with Crippen molar-refractivity contribution in [1.29, 1.82) is 0 Å². The molecule has 0 aliphatic carbocycles. The number of piperidine rings is 1. The van der Waals surface area contributed by atoms with Crippen molar-refractivity contribution in [3.05, 3.63) is 19.9 Å². The predicted molar refractivity (Wildman–Crippen MR) is 61.6 cm³/mol. The third-order valence-electron chi connectivity index (χ3n) is 2.27. The topological polar surface area (TPSA) is 12.0 Å². The number of hydrogen-bond acceptors (Lipinski definition) is 2. The van der Waals surface area contributed by atoms with Gasteiger partial charge in [0.25, 0.3) is 0 Å². The van der Waals surface area contributed by atoms with Crippen LogP contribution in [0.15, 0.2) is 11.4 Å². The highest BCUT2D eigenvalue weighted by Gasteiger charge is 2.17. The fourth-order valence-corrected chi connectivity index (χ4v) is 3.71. The SMILES string of the molecule is Ic1ccsc1C1CCCCN1. The molecule has 0 radical (unpaired) electrons. The first-order valence-electron chi connectivity index (χ1n) is 4.34. The zero-order valence-electron chi connectivity index (χ0n) is 6.85. The summed E-state index contributed by atoms with van der Waals surface area (Å²) in [4.78, 5) is 1.54. The highest BCUT2D eigenvalue weighted by atomic mass is 127. The van der Waals surface area contributed by atoms with E-state index in [0.717, 1.165) is 0 Å². The van der Waals surface area contributed by atoms with Crippen molar-refractivity contribution in [2.45, 2.75) is 25.3 Å². The molecule has 0 spiro atoms. The predicted octanol–water partition coefficient (Wildman–Crippen LogP) is 3.17. The van der Waals surface area contributed by atoms with Gasteiger partial charge in [-0.2, -0.15) is 0 Å². The minimum absolute atomic E-state index is 0.644. The van der Waals surface area contributed by atoms with E-state index in [-0.39, 0.29) is 0 Å². The Labute approximate surface area is 90.7 Å². The van der Waals surface area contributed by atoms with Gasteiger partial charge in [-0.15, -0.1) is 11.3 Å². The molecule has 1 aliphatic rings. The van der Waals surface area contributed by atoms with E-state index >= 15 is 0 Å². The summed E-state index contributed by atoms with van der Waals surface area (Å²) >= 11 is 4.31. The molecule has 1 N–H and O–H groups in total. The molecule has 1 saturated heterocycles. The lowest BCUT2D eigenvalue weighted by molar-refractivity contribution is 0.416. The van der Waals surface area contributed by atoms with Crippen molar-refractivity contribution in [2.75, 3.05) is 6.54 Å². The van der Waals surface area contributed by atoms with E-state index in [1.165, 1.54) is 34.3 Å². The van der Waals surface area contributed by atoms with Crippen LogP contribution < -0.4 is 5.32 Å². The Morgan fingerprint density at radius 2 is 2.42 bits per heavy atom. The van der Waals surface area contributed by atoms with Gasteiger partial charge in [0.15, 0.2) is 0 Å². The van der Waals surface area contributed by atoms with E-state index in [2.05, 4.69) is 39.4 Å². The maximum absolute atomic E-state index is 3.57. The van der Waals surface area contributed by atoms with Crippen LogP contribution in [0.5, 0.6) is 0 Å². The average Bonchev–Trinajstić information content (AvgIpc) is 2.53. The Kier molecular flexibility index (Phi) is 3.04. The standard InChI is InChI=1S/C9H12INS/c10-7-4-6-12-9(7)8-3-1-2-5-11-8/h4,6,8,11H,1-3,5H2. The molecule has 1 nitrogen and oxygen atoms in total. The van der Waals surface area contributed by atoms with Gasteiger partial charge in [-0.3, -0.25) is 0 Å². The molecule has 1 aromatic heterocycles. The molecule has 1 aliphatic heterocycles. The first kappa shape index (κ1) is 8.97. The molecule has 2 rings (SSSR count). The van der Waals surface area contributed by atoms with Gasteiger partial charge in [-0.1, -0.05) is 6.42 Å². The quantitative estimate of drug-likeness (QED) is 0.784. The van der Waals surface area contributed by atoms with Crippen molar-refractivity contribution in [1.82, 2.24) is 5.32 Å². The van der Waals surface area contributed by atoms with Crippen molar-refractivity contribution in [3.8, 4) is 0 Å². The lowest BCUT2D eigenvalue weighted by atomic mass is 10.0. The van der Waals surface area contributed by atoms with Gasteiger partial charge in [0.2, 0.25) is 0 Å². The average molecular weight is 293 g/mol. The lowest BCUT2D eigenvalue weighted by Crippen LogP contribution is -2.26. The molecular weight excluding hydrogens is 281 g/mol. The summed E-state index contributed by atoms with van der Waals surface area (Å²) in [5, 5.41) is 5.76. The summed E-state index contributed by atoms with van der Waals surface area (Å²) in [5.74, 6) is 0. The fourth-order valence-electron chi connectivity index (χ4n) is 1.63. The lowest BCUT2D eigenvalue weighted by Gasteiger charge is -2.22. The Morgan fingerprint density at radius 1 is 1.50 bits per heavy atom. The maximum atomic E-state index is 3.57. The number of halogens is 1. The molecule has 1 aromatic rings. The molecule has 1 fully saturated rings. The number of hydrogen-bond donors (Lipinski definition) is 1. The zero-order valence-corrected chi connectivity index (χ0v) is 9.82. The summed E-state index contributed by atoms with van der Waals surface area (Å²) in [6.07, 6.45) is 4.04. The molecule has 0 bridgehead atoms. The molecular formula is C9H12INS. The third-order valence-corrected chi connectivity index (χ3v) is 4.61. The maximum Gasteiger partial charge on any atom is 0.0425 e. The normalized spacial score (nSPS) is 24.2. The number of thiophene rings is 1. The third kappa shape index (κ3) is 1.83. The first-order chi connectivity index (χ1) is 5.88. The van der Waals surface area contributed by atoms with Gasteiger partial charge in [-0.25, -0.2) is 0 Å². The van der Waals surface area contributed by atoms with Crippen LogP contribution in [0.1, 0.15) is 30.2 Å². The van der Waals surface area contributed by atoms with Crippen LogP contribution in [0, 0.1) is 3.57 Å². The second-order valence-electron chi connectivity index (χ2n) is 3.14. The summed E-state index contributed by atoms with van der Waals surface area (Å²) < 4.78 is 1.43. The van der Waals surface area contributed by atoms with Crippen molar-refractivity contribution < 1.29 is 0 Å². The van der Waals surface area contributed by atoms with Crippen LogP contribution in [0.3, 0.4) is 0 Å². The smallest absolute Gasteiger partial charge is 0.0425 e. The van der Waals surface area contributed by atoms with Gasteiger partial charge in [0, 0.05) is 14.5 Å². The van der Waals surface area contributed by atoms with Crippen LogP contribution in [0.4, 0.5) is 0 Å². The molecule has 1 atom stereocenters. The van der Waals surface area contributed by atoms with E-state index in [4.69, 9.17) is 0 Å². The minimum Gasteiger partial charge on any atom is -0.309 e. The Morgan fingerprint density at radius 3 is 3.00 bits per heavy atom.